The van der Waals surface area contributed by atoms with Gasteiger partial charge in [0.05, 0.1) is 4.90 Å². The zero-order chi connectivity index (χ0) is 15.6. The number of halogens is 1. The van der Waals surface area contributed by atoms with Crippen molar-refractivity contribution in [2.75, 3.05) is 5.73 Å². The van der Waals surface area contributed by atoms with Gasteiger partial charge >= 0.3 is 0 Å². The third-order valence-corrected chi connectivity index (χ3v) is 4.82. The topological polar surface area (TPSA) is 72.2 Å². The Morgan fingerprint density at radius 3 is 2.33 bits per heavy atom. The molecule has 0 aliphatic heterocycles. The summed E-state index contributed by atoms with van der Waals surface area (Å²) in [7, 11) is -3.71. The summed E-state index contributed by atoms with van der Waals surface area (Å²) in [4.78, 5) is 0.118. The molecule has 0 aromatic heterocycles. The van der Waals surface area contributed by atoms with E-state index in [-0.39, 0.29) is 11.4 Å². The minimum atomic E-state index is -3.71. The number of nitrogens with two attached hydrogens (primary N) is 1. The summed E-state index contributed by atoms with van der Waals surface area (Å²) in [5, 5.41) is 0. The number of aryl methyl sites for hydroxylation is 2. The normalized spacial score (nSPS) is 11.6. The monoisotopic (exact) mass is 308 g/mol. The van der Waals surface area contributed by atoms with Crippen molar-refractivity contribution in [1.29, 1.82) is 0 Å². The Kier molecular flexibility index (Phi) is 4.29. The van der Waals surface area contributed by atoms with Crippen molar-refractivity contribution >= 4 is 15.7 Å². The second kappa shape index (κ2) is 5.83. The molecule has 2 aromatic rings. The second-order valence-corrected chi connectivity index (χ2v) is 6.64. The lowest BCUT2D eigenvalue weighted by Crippen LogP contribution is -2.25. The summed E-state index contributed by atoms with van der Waals surface area (Å²) in [6.07, 6.45) is 0. The van der Waals surface area contributed by atoms with Gasteiger partial charge in [0, 0.05) is 12.2 Å². The average Bonchev–Trinajstić information content (AvgIpc) is 2.35. The number of hydrogen-bond acceptors (Lipinski definition) is 3. The van der Waals surface area contributed by atoms with Crippen LogP contribution in [-0.4, -0.2) is 8.42 Å². The Hall–Kier alpha value is -1.92. The molecule has 0 heterocycles. The van der Waals surface area contributed by atoms with E-state index in [1.54, 1.807) is 38.1 Å². The summed E-state index contributed by atoms with van der Waals surface area (Å²) in [6, 6.07) is 9.39. The Labute approximate surface area is 123 Å². The van der Waals surface area contributed by atoms with Crippen LogP contribution < -0.4 is 10.5 Å². The minimum absolute atomic E-state index is 0.118. The Balaban J connectivity index is 2.27. The van der Waals surface area contributed by atoms with Crippen molar-refractivity contribution in [2.24, 2.45) is 0 Å². The molecular formula is C15H17FN2O2S. The van der Waals surface area contributed by atoms with Crippen molar-refractivity contribution < 1.29 is 12.8 Å². The van der Waals surface area contributed by atoms with Gasteiger partial charge in [0.15, 0.2) is 0 Å². The van der Waals surface area contributed by atoms with Crippen LogP contribution in [0.15, 0.2) is 41.3 Å². The Bertz CT molecular complexity index is 750. The maximum absolute atomic E-state index is 13.3. The standard InChI is InChI=1S/C15H17FN2O2S/c1-10-6-13(16)7-11(2)15(10)21(19,20)18-9-12-4-3-5-14(17)8-12/h3-8,18H,9,17H2,1-2H3. The third kappa shape index (κ3) is 3.59. The lowest BCUT2D eigenvalue weighted by atomic mass is 10.1. The van der Waals surface area contributed by atoms with Crippen LogP contribution in [0.1, 0.15) is 16.7 Å². The first-order valence-corrected chi connectivity index (χ1v) is 7.89. The summed E-state index contributed by atoms with van der Waals surface area (Å²) < 4.78 is 40.5. The molecule has 3 N–H and O–H groups in total. The molecule has 0 bridgehead atoms. The molecule has 0 aliphatic carbocycles. The number of anilines is 1. The van der Waals surface area contributed by atoms with Crippen LogP contribution in [0.2, 0.25) is 0 Å². The molecule has 0 spiro atoms. The van der Waals surface area contributed by atoms with Gasteiger partial charge in [0.25, 0.3) is 0 Å². The van der Waals surface area contributed by atoms with E-state index in [2.05, 4.69) is 4.72 Å². The van der Waals surface area contributed by atoms with E-state index < -0.39 is 15.8 Å². The number of sulfonamides is 1. The maximum atomic E-state index is 13.3. The fourth-order valence-electron chi connectivity index (χ4n) is 2.27. The average molecular weight is 308 g/mol. The highest BCUT2D eigenvalue weighted by atomic mass is 32.2. The van der Waals surface area contributed by atoms with Gasteiger partial charge in [-0.15, -0.1) is 0 Å². The summed E-state index contributed by atoms with van der Waals surface area (Å²) in [5.74, 6) is -0.445. The highest BCUT2D eigenvalue weighted by Crippen LogP contribution is 2.21. The van der Waals surface area contributed by atoms with Crippen molar-refractivity contribution in [3.8, 4) is 0 Å². The first-order valence-electron chi connectivity index (χ1n) is 6.40. The van der Waals surface area contributed by atoms with E-state index in [0.29, 0.717) is 16.8 Å². The van der Waals surface area contributed by atoms with Gasteiger partial charge in [-0.05, 0) is 54.8 Å². The molecule has 21 heavy (non-hydrogen) atoms. The molecule has 0 saturated carbocycles. The van der Waals surface area contributed by atoms with Crippen LogP contribution >= 0.6 is 0 Å². The van der Waals surface area contributed by atoms with Gasteiger partial charge in [-0.25, -0.2) is 17.5 Å². The molecule has 0 amide bonds. The van der Waals surface area contributed by atoms with E-state index in [4.69, 9.17) is 5.73 Å². The highest BCUT2D eigenvalue weighted by molar-refractivity contribution is 7.89. The highest BCUT2D eigenvalue weighted by Gasteiger charge is 2.20. The number of nitrogen functional groups attached to an aromatic ring is 1. The number of hydrogen-bond donors (Lipinski definition) is 2. The van der Waals surface area contributed by atoms with Gasteiger partial charge in [-0.1, -0.05) is 12.1 Å². The van der Waals surface area contributed by atoms with E-state index in [1.165, 1.54) is 12.1 Å². The van der Waals surface area contributed by atoms with Crippen molar-refractivity contribution in [1.82, 2.24) is 4.72 Å². The number of benzene rings is 2. The Morgan fingerprint density at radius 2 is 1.76 bits per heavy atom. The number of rotatable bonds is 4. The van der Waals surface area contributed by atoms with Crippen LogP contribution in [-0.2, 0) is 16.6 Å². The van der Waals surface area contributed by atoms with Crippen LogP contribution in [0, 0.1) is 19.7 Å². The quantitative estimate of drug-likeness (QED) is 0.852. The van der Waals surface area contributed by atoms with Crippen LogP contribution in [0.5, 0.6) is 0 Å². The first kappa shape index (κ1) is 15.5. The van der Waals surface area contributed by atoms with Gasteiger partial charge in [-0.3, -0.25) is 0 Å². The fourth-order valence-corrected chi connectivity index (χ4v) is 3.74. The molecule has 0 radical (unpaired) electrons. The smallest absolute Gasteiger partial charge is 0.241 e. The molecule has 6 heteroatoms. The summed E-state index contributed by atoms with van der Waals surface area (Å²) >= 11 is 0. The largest absolute Gasteiger partial charge is 0.399 e. The zero-order valence-corrected chi connectivity index (χ0v) is 12.7. The van der Waals surface area contributed by atoms with E-state index in [9.17, 15) is 12.8 Å². The van der Waals surface area contributed by atoms with E-state index in [0.717, 1.165) is 5.56 Å². The molecule has 0 atom stereocenters. The van der Waals surface area contributed by atoms with Crippen LogP contribution in [0.3, 0.4) is 0 Å². The molecule has 2 aromatic carbocycles. The maximum Gasteiger partial charge on any atom is 0.241 e. The van der Waals surface area contributed by atoms with Crippen LogP contribution in [0.4, 0.5) is 10.1 Å². The van der Waals surface area contributed by atoms with Gasteiger partial charge in [0.1, 0.15) is 5.82 Å². The summed E-state index contributed by atoms with van der Waals surface area (Å²) in [6.45, 7) is 3.28. The van der Waals surface area contributed by atoms with Gasteiger partial charge in [-0.2, -0.15) is 0 Å². The van der Waals surface area contributed by atoms with Crippen molar-refractivity contribution in [3.63, 3.8) is 0 Å². The molecule has 0 aliphatic rings. The SMILES string of the molecule is Cc1cc(F)cc(C)c1S(=O)(=O)NCc1cccc(N)c1. The second-order valence-electron chi connectivity index (χ2n) is 4.94. The predicted molar refractivity (Wildman–Crippen MR) is 80.8 cm³/mol. The predicted octanol–water partition coefficient (Wildman–Crippen LogP) is 2.50. The fraction of sp³-hybridized carbons (Fsp3) is 0.200. The minimum Gasteiger partial charge on any atom is -0.399 e. The molecule has 0 fully saturated rings. The molecule has 4 nitrogen and oxygen atoms in total. The lowest BCUT2D eigenvalue weighted by molar-refractivity contribution is 0.578. The molecule has 0 saturated heterocycles. The van der Waals surface area contributed by atoms with Crippen molar-refractivity contribution in [2.45, 2.75) is 25.3 Å². The summed E-state index contributed by atoms with van der Waals surface area (Å²) in [5.41, 5.74) is 7.75. The molecule has 2 rings (SSSR count). The zero-order valence-electron chi connectivity index (χ0n) is 11.9. The number of nitrogens with one attached hydrogen (secondary N) is 1. The molecule has 0 unspecified atom stereocenters. The Morgan fingerprint density at radius 1 is 1.14 bits per heavy atom. The van der Waals surface area contributed by atoms with Crippen LogP contribution in [0.25, 0.3) is 0 Å². The first-order chi connectivity index (χ1) is 9.79. The van der Waals surface area contributed by atoms with Gasteiger partial charge < -0.3 is 5.73 Å². The van der Waals surface area contributed by atoms with E-state index >= 15 is 0 Å². The van der Waals surface area contributed by atoms with E-state index in [1.807, 2.05) is 0 Å². The molecular weight excluding hydrogens is 291 g/mol. The molecule has 112 valence electrons. The lowest BCUT2D eigenvalue weighted by Gasteiger charge is -2.12. The van der Waals surface area contributed by atoms with Gasteiger partial charge in [0.2, 0.25) is 10.0 Å². The third-order valence-electron chi connectivity index (χ3n) is 3.11. The van der Waals surface area contributed by atoms with Crippen molar-refractivity contribution in [3.05, 3.63) is 58.9 Å².